The number of anilines is 3. The van der Waals surface area contributed by atoms with Crippen LogP contribution in [0.4, 0.5) is 30.8 Å². The Morgan fingerprint density at radius 3 is 2.65 bits per heavy atom. The molecule has 1 atom stereocenters. The second-order valence-corrected chi connectivity index (χ2v) is 7.23. The zero-order valence-corrected chi connectivity index (χ0v) is 16.7. The molecule has 31 heavy (non-hydrogen) atoms. The molecule has 2 aromatic heterocycles. The van der Waals surface area contributed by atoms with Crippen molar-refractivity contribution in [2.75, 3.05) is 30.8 Å². The summed E-state index contributed by atoms with van der Waals surface area (Å²) in [4.78, 5) is 20.4. The molecule has 164 valence electrons. The van der Waals surface area contributed by atoms with Gasteiger partial charge in [-0.2, -0.15) is 33.1 Å². The van der Waals surface area contributed by atoms with Crippen LogP contribution in [0.1, 0.15) is 31.2 Å². The van der Waals surface area contributed by atoms with Crippen LogP contribution in [0.5, 0.6) is 0 Å². The molecule has 1 aromatic carbocycles. The van der Waals surface area contributed by atoms with E-state index in [9.17, 15) is 13.2 Å². The fraction of sp³-hybridized carbons (Fsp3) is 0.421. The van der Waals surface area contributed by atoms with Crippen molar-refractivity contribution in [1.29, 1.82) is 0 Å². The number of hydrogen-bond donors (Lipinski definition) is 1. The largest absolute Gasteiger partial charge is 0.390 e. The Morgan fingerprint density at radius 1 is 1.13 bits per heavy atom. The maximum atomic E-state index is 12.6. The predicted octanol–water partition coefficient (Wildman–Crippen LogP) is 3.36. The van der Waals surface area contributed by atoms with Crippen LogP contribution in [-0.4, -0.2) is 56.3 Å². The molecule has 0 bridgehead atoms. The van der Waals surface area contributed by atoms with E-state index in [4.69, 9.17) is 10.3 Å². The third-order valence-electron chi connectivity index (χ3n) is 5.06. The second kappa shape index (κ2) is 8.46. The van der Waals surface area contributed by atoms with E-state index >= 15 is 0 Å². The van der Waals surface area contributed by atoms with Crippen LogP contribution >= 0.6 is 0 Å². The highest BCUT2D eigenvalue weighted by Gasteiger charge is 2.35. The van der Waals surface area contributed by atoms with Crippen molar-refractivity contribution in [2.45, 2.75) is 31.5 Å². The quantitative estimate of drug-likeness (QED) is 0.624. The molecule has 12 heteroatoms. The Bertz CT molecular complexity index is 1030. The number of nitrogens with two attached hydrogens (primary N) is 1. The maximum absolute atomic E-state index is 12.6. The molecule has 1 aliphatic rings. The first-order valence-electron chi connectivity index (χ1n) is 9.75. The van der Waals surface area contributed by atoms with E-state index in [1.165, 1.54) is 0 Å². The molecule has 2 N–H and O–H groups in total. The summed E-state index contributed by atoms with van der Waals surface area (Å²) in [6, 6.07) is 9.08. The molecular formula is C19H21F3N8O. The van der Waals surface area contributed by atoms with E-state index < -0.39 is 12.6 Å². The van der Waals surface area contributed by atoms with Gasteiger partial charge < -0.3 is 15.2 Å². The van der Waals surface area contributed by atoms with Crippen molar-refractivity contribution in [1.82, 2.24) is 30.0 Å². The Balaban J connectivity index is 1.56. The Morgan fingerprint density at radius 2 is 1.90 bits per heavy atom. The Hall–Kier alpha value is -3.28. The first-order valence-corrected chi connectivity index (χ1v) is 9.75. The lowest BCUT2D eigenvalue weighted by Crippen LogP contribution is -2.28. The fourth-order valence-electron chi connectivity index (χ4n) is 3.50. The molecule has 3 heterocycles. The van der Waals surface area contributed by atoms with Crippen LogP contribution in [0.15, 0.2) is 34.9 Å². The molecule has 3 aromatic rings. The topological polar surface area (TPSA) is 110 Å². The van der Waals surface area contributed by atoms with Gasteiger partial charge in [-0.1, -0.05) is 23.4 Å². The summed E-state index contributed by atoms with van der Waals surface area (Å²) in [6.07, 6.45) is -3.70. The van der Waals surface area contributed by atoms with Crippen molar-refractivity contribution in [3.63, 3.8) is 0 Å². The van der Waals surface area contributed by atoms with Gasteiger partial charge in [0, 0.05) is 19.3 Å². The number of rotatable bonds is 6. The van der Waals surface area contributed by atoms with E-state index in [0.29, 0.717) is 18.9 Å². The van der Waals surface area contributed by atoms with Crippen molar-refractivity contribution >= 4 is 17.6 Å². The smallest absolute Gasteiger partial charge is 0.368 e. The van der Waals surface area contributed by atoms with Gasteiger partial charge in [0.2, 0.25) is 29.4 Å². The van der Waals surface area contributed by atoms with Crippen molar-refractivity contribution in [3.8, 4) is 11.6 Å². The lowest BCUT2D eigenvalue weighted by atomic mass is 10.2. The van der Waals surface area contributed by atoms with Gasteiger partial charge in [0.1, 0.15) is 0 Å². The first-order chi connectivity index (χ1) is 14.8. The standard InChI is InChI=1S/C19H21F3N8O/c1-29(12-6-3-2-4-7-12)18-26-14(25-17(23)27-18)15-24-16(31-28-15)13-8-5-10-30(13)11-9-19(20,21)22/h2-4,6-7,13H,5,8-11H2,1H3,(H2,23,25,26,27)/t13-/m0/s1. The van der Waals surface area contributed by atoms with Gasteiger partial charge in [-0.15, -0.1) is 0 Å². The minimum atomic E-state index is -4.21. The van der Waals surface area contributed by atoms with Crippen LogP contribution in [0.2, 0.25) is 0 Å². The third-order valence-corrected chi connectivity index (χ3v) is 5.06. The van der Waals surface area contributed by atoms with E-state index in [2.05, 4.69) is 25.1 Å². The van der Waals surface area contributed by atoms with E-state index in [0.717, 1.165) is 12.1 Å². The molecule has 1 fully saturated rings. The van der Waals surface area contributed by atoms with Crippen molar-refractivity contribution in [2.24, 2.45) is 0 Å². The van der Waals surface area contributed by atoms with Crippen LogP contribution in [0.3, 0.4) is 0 Å². The lowest BCUT2D eigenvalue weighted by molar-refractivity contribution is -0.138. The van der Waals surface area contributed by atoms with Crippen LogP contribution < -0.4 is 10.6 Å². The van der Waals surface area contributed by atoms with Gasteiger partial charge >= 0.3 is 6.18 Å². The molecule has 1 saturated heterocycles. The molecule has 0 spiro atoms. The molecule has 4 rings (SSSR count). The summed E-state index contributed by atoms with van der Waals surface area (Å²) >= 11 is 0. The number of benzene rings is 1. The van der Waals surface area contributed by atoms with Gasteiger partial charge in [0.05, 0.1) is 12.5 Å². The number of likely N-dealkylation sites (tertiary alicyclic amines) is 1. The highest BCUT2D eigenvalue weighted by Crippen LogP contribution is 2.33. The fourth-order valence-corrected chi connectivity index (χ4v) is 3.50. The van der Waals surface area contributed by atoms with E-state index in [1.807, 2.05) is 30.3 Å². The minimum Gasteiger partial charge on any atom is -0.368 e. The van der Waals surface area contributed by atoms with E-state index in [-0.39, 0.29) is 36.1 Å². The highest BCUT2D eigenvalue weighted by atomic mass is 19.4. The van der Waals surface area contributed by atoms with Crippen LogP contribution in [-0.2, 0) is 0 Å². The molecule has 0 radical (unpaired) electrons. The van der Waals surface area contributed by atoms with Crippen molar-refractivity contribution < 1.29 is 17.7 Å². The number of aromatic nitrogens is 5. The second-order valence-electron chi connectivity index (χ2n) is 7.23. The SMILES string of the molecule is CN(c1ccccc1)c1nc(N)nc(-c2noc([C@@H]3CCCN3CCC(F)(F)F)n2)n1. The molecule has 0 amide bonds. The van der Waals surface area contributed by atoms with Gasteiger partial charge in [-0.3, -0.25) is 4.90 Å². The maximum Gasteiger partial charge on any atom is 0.390 e. The third kappa shape index (κ3) is 4.90. The zero-order valence-electron chi connectivity index (χ0n) is 16.7. The molecule has 0 aliphatic carbocycles. The zero-order chi connectivity index (χ0) is 22.0. The van der Waals surface area contributed by atoms with Crippen molar-refractivity contribution in [3.05, 3.63) is 36.2 Å². The summed E-state index contributed by atoms with van der Waals surface area (Å²) in [6.45, 7) is 0.430. The number of nitrogen functional groups attached to an aromatic ring is 1. The first kappa shape index (κ1) is 21.0. The Labute approximate surface area is 176 Å². The molecular weight excluding hydrogens is 413 g/mol. The minimum absolute atomic E-state index is 0.0122. The average Bonchev–Trinajstić information content (AvgIpc) is 3.40. The van der Waals surface area contributed by atoms with Gasteiger partial charge in [0.15, 0.2) is 0 Å². The highest BCUT2D eigenvalue weighted by molar-refractivity contribution is 5.58. The molecule has 1 aliphatic heterocycles. The van der Waals surface area contributed by atoms with Crippen LogP contribution in [0.25, 0.3) is 11.6 Å². The summed E-state index contributed by atoms with van der Waals surface area (Å²) < 4.78 is 43.2. The number of hydrogen-bond acceptors (Lipinski definition) is 9. The number of nitrogens with zero attached hydrogens (tertiary/aromatic N) is 7. The summed E-state index contributed by atoms with van der Waals surface area (Å²) in [5, 5.41) is 3.93. The predicted molar refractivity (Wildman–Crippen MR) is 106 cm³/mol. The van der Waals surface area contributed by atoms with Gasteiger partial charge in [0.25, 0.3) is 0 Å². The molecule has 9 nitrogen and oxygen atoms in total. The van der Waals surface area contributed by atoms with Gasteiger partial charge in [-0.25, -0.2) is 0 Å². The number of halogens is 3. The average molecular weight is 434 g/mol. The number of para-hydroxylation sites is 1. The van der Waals surface area contributed by atoms with E-state index in [1.54, 1.807) is 16.8 Å². The monoisotopic (exact) mass is 434 g/mol. The Kier molecular flexibility index (Phi) is 5.72. The molecule has 0 unspecified atom stereocenters. The molecule has 0 saturated carbocycles. The number of alkyl halides is 3. The summed E-state index contributed by atoms with van der Waals surface area (Å²) in [5.74, 6) is 0.760. The summed E-state index contributed by atoms with van der Waals surface area (Å²) in [5.41, 5.74) is 6.70. The van der Waals surface area contributed by atoms with Crippen LogP contribution in [0, 0.1) is 0 Å². The lowest BCUT2D eigenvalue weighted by Gasteiger charge is -2.21. The normalized spacial score (nSPS) is 17.2. The summed E-state index contributed by atoms with van der Waals surface area (Å²) in [7, 11) is 1.78. The van der Waals surface area contributed by atoms with Gasteiger partial charge in [-0.05, 0) is 31.5 Å².